The number of rotatable bonds is 9. The Labute approximate surface area is 248 Å². The Hall–Kier alpha value is -3.08. The Balaban J connectivity index is 1.52. The summed E-state index contributed by atoms with van der Waals surface area (Å²) in [5.74, 6) is 0.882. The van der Waals surface area contributed by atoms with Gasteiger partial charge >= 0.3 is 0 Å². The summed E-state index contributed by atoms with van der Waals surface area (Å²) in [6.07, 6.45) is 8.15. The molecule has 5 rings (SSSR count). The lowest BCUT2D eigenvalue weighted by molar-refractivity contribution is 0.141. The largest absolute Gasteiger partial charge is 0.494 e. The number of hydrogen-bond acceptors (Lipinski definition) is 9. The van der Waals surface area contributed by atoms with Crippen molar-refractivity contribution >= 4 is 50.3 Å². The first-order valence-corrected chi connectivity index (χ1v) is 16.4. The standard InChI is InChI=1S/C30H39ClN6O3S/c1-3-19-41(38,39)28-10-6-5-9-26(28)37(30-33-21-24(31)29(32)34-30)25-12-11-23(20-27(25)40-2)36-17-13-22(14-18-36)35-15-7-4-8-16-35/h5-6,9-12,20-22H,3-4,7-8,13-19H2,1-2H3,(H2,32,33,34). The Morgan fingerprint density at radius 3 is 2.46 bits per heavy atom. The first-order valence-electron chi connectivity index (χ1n) is 14.4. The number of likely N-dealkylation sites (tertiary alicyclic amines) is 1. The van der Waals surface area contributed by atoms with E-state index < -0.39 is 9.84 Å². The molecule has 220 valence electrons. The van der Waals surface area contributed by atoms with Gasteiger partial charge in [0.25, 0.3) is 0 Å². The number of piperidine rings is 2. The highest BCUT2D eigenvalue weighted by molar-refractivity contribution is 7.91. The van der Waals surface area contributed by atoms with Crippen LogP contribution in [0.4, 0.5) is 28.8 Å². The van der Waals surface area contributed by atoms with Gasteiger partial charge in [0, 0.05) is 30.9 Å². The predicted octanol–water partition coefficient (Wildman–Crippen LogP) is 5.83. The summed E-state index contributed by atoms with van der Waals surface area (Å²) in [6.45, 7) is 6.23. The van der Waals surface area contributed by atoms with Crippen molar-refractivity contribution in [2.45, 2.75) is 56.4 Å². The van der Waals surface area contributed by atoms with Crippen molar-refractivity contribution in [1.29, 1.82) is 0 Å². The molecule has 0 unspecified atom stereocenters. The summed E-state index contributed by atoms with van der Waals surface area (Å²) in [5, 5.41) is 0.218. The molecule has 0 atom stereocenters. The summed E-state index contributed by atoms with van der Waals surface area (Å²) < 4.78 is 32.6. The molecule has 0 amide bonds. The van der Waals surface area contributed by atoms with Crippen molar-refractivity contribution in [2.75, 3.05) is 54.6 Å². The molecule has 0 bridgehead atoms. The predicted molar refractivity (Wildman–Crippen MR) is 166 cm³/mol. The average molecular weight is 599 g/mol. The van der Waals surface area contributed by atoms with Gasteiger partial charge in [-0.25, -0.2) is 13.4 Å². The quantitative estimate of drug-likeness (QED) is 0.326. The molecule has 3 heterocycles. The molecule has 2 aromatic carbocycles. The molecule has 2 saturated heterocycles. The first-order chi connectivity index (χ1) is 19.8. The lowest BCUT2D eigenvalue weighted by atomic mass is 9.99. The van der Waals surface area contributed by atoms with Crippen LogP contribution in [0.5, 0.6) is 5.75 Å². The number of benzene rings is 2. The highest BCUT2D eigenvalue weighted by atomic mass is 35.5. The third kappa shape index (κ3) is 6.39. The summed E-state index contributed by atoms with van der Waals surface area (Å²) in [6, 6.07) is 13.5. The van der Waals surface area contributed by atoms with E-state index in [-0.39, 0.29) is 27.4 Å². The topological polar surface area (TPSA) is 105 Å². The molecule has 2 N–H and O–H groups in total. The molecule has 3 aromatic rings. The van der Waals surface area contributed by atoms with Crippen molar-refractivity contribution in [1.82, 2.24) is 14.9 Å². The summed E-state index contributed by atoms with van der Waals surface area (Å²) in [4.78, 5) is 15.8. The fourth-order valence-electron chi connectivity index (χ4n) is 5.93. The van der Waals surface area contributed by atoms with Gasteiger partial charge in [0.05, 0.1) is 35.3 Å². The van der Waals surface area contributed by atoms with E-state index in [4.69, 9.17) is 22.1 Å². The normalized spacial score (nSPS) is 17.0. The van der Waals surface area contributed by atoms with E-state index in [0.717, 1.165) is 31.6 Å². The number of halogens is 1. The Morgan fingerprint density at radius 2 is 1.78 bits per heavy atom. The number of aromatic nitrogens is 2. The minimum atomic E-state index is -3.59. The molecule has 2 aliphatic rings. The molecule has 0 spiro atoms. The van der Waals surface area contributed by atoms with E-state index in [1.165, 1.54) is 38.5 Å². The minimum Gasteiger partial charge on any atom is -0.494 e. The second kappa shape index (κ2) is 12.8. The zero-order valence-corrected chi connectivity index (χ0v) is 25.4. The second-order valence-corrected chi connectivity index (χ2v) is 13.2. The average Bonchev–Trinajstić information content (AvgIpc) is 3.00. The van der Waals surface area contributed by atoms with E-state index in [1.54, 1.807) is 36.3 Å². The van der Waals surface area contributed by atoms with Crippen LogP contribution in [0.3, 0.4) is 0 Å². The van der Waals surface area contributed by atoms with E-state index >= 15 is 0 Å². The molecule has 2 fully saturated rings. The number of sulfone groups is 1. The zero-order valence-electron chi connectivity index (χ0n) is 23.8. The number of hydrogen-bond donors (Lipinski definition) is 1. The van der Waals surface area contributed by atoms with Gasteiger partial charge in [-0.3, -0.25) is 4.90 Å². The molecule has 41 heavy (non-hydrogen) atoms. The van der Waals surface area contributed by atoms with Crippen LogP contribution in [-0.2, 0) is 9.84 Å². The summed E-state index contributed by atoms with van der Waals surface area (Å²) in [7, 11) is -1.98. The molecular formula is C30H39ClN6O3S. The Bertz CT molecular complexity index is 1460. The fourth-order valence-corrected chi connectivity index (χ4v) is 7.54. The van der Waals surface area contributed by atoms with Crippen LogP contribution < -0.4 is 20.3 Å². The SMILES string of the molecule is CCCS(=O)(=O)c1ccccc1N(c1ncc(Cl)c(N)n1)c1ccc(N2CCC(N3CCCCC3)CC2)cc1OC. The number of nitrogens with zero attached hydrogens (tertiary/aromatic N) is 5. The molecule has 11 heteroatoms. The summed E-state index contributed by atoms with van der Waals surface area (Å²) >= 11 is 6.15. The maximum Gasteiger partial charge on any atom is 0.236 e. The van der Waals surface area contributed by atoms with Crippen LogP contribution in [0.15, 0.2) is 53.6 Å². The van der Waals surface area contributed by atoms with Crippen LogP contribution in [0.1, 0.15) is 45.4 Å². The van der Waals surface area contributed by atoms with Gasteiger partial charge in [-0.2, -0.15) is 4.98 Å². The van der Waals surface area contributed by atoms with Gasteiger partial charge in [-0.1, -0.05) is 37.1 Å². The van der Waals surface area contributed by atoms with Crippen molar-refractivity contribution < 1.29 is 13.2 Å². The first kappa shape index (κ1) is 29.4. The highest BCUT2D eigenvalue weighted by Gasteiger charge is 2.29. The third-order valence-corrected chi connectivity index (χ3v) is 10.3. The highest BCUT2D eigenvalue weighted by Crippen LogP contribution is 2.43. The zero-order chi connectivity index (χ0) is 29.0. The van der Waals surface area contributed by atoms with E-state index in [9.17, 15) is 8.42 Å². The van der Waals surface area contributed by atoms with Crippen molar-refractivity contribution in [3.8, 4) is 5.75 Å². The number of methoxy groups -OCH3 is 1. The van der Waals surface area contributed by atoms with Crippen LogP contribution in [0.25, 0.3) is 0 Å². The lowest BCUT2D eigenvalue weighted by Gasteiger charge is -2.41. The minimum absolute atomic E-state index is 0.0188. The maximum absolute atomic E-state index is 13.3. The molecule has 0 aliphatic carbocycles. The van der Waals surface area contributed by atoms with Crippen LogP contribution in [0.2, 0.25) is 5.02 Å². The monoisotopic (exact) mass is 598 g/mol. The molecule has 0 saturated carbocycles. The molecule has 0 radical (unpaired) electrons. The summed E-state index contributed by atoms with van der Waals surface area (Å²) in [5.41, 5.74) is 8.15. The van der Waals surface area contributed by atoms with Crippen LogP contribution in [0, 0.1) is 0 Å². The number of para-hydroxylation sites is 1. The molecule has 2 aliphatic heterocycles. The van der Waals surface area contributed by atoms with Gasteiger partial charge in [-0.05, 0) is 69.5 Å². The Morgan fingerprint density at radius 1 is 1.05 bits per heavy atom. The number of nitrogens with two attached hydrogens (primary N) is 1. The van der Waals surface area contributed by atoms with Gasteiger partial charge in [0.1, 0.15) is 16.6 Å². The van der Waals surface area contributed by atoms with Gasteiger partial charge in [0.2, 0.25) is 5.95 Å². The number of nitrogen functional groups attached to an aromatic ring is 1. The van der Waals surface area contributed by atoms with Gasteiger partial charge in [0.15, 0.2) is 9.84 Å². The third-order valence-electron chi connectivity index (χ3n) is 8.01. The number of anilines is 5. The van der Waals surface area contributed by atoms with Crippen LogP contribution >= 0.6 is 11.6 Å². The van der Waals surface area contributed by atoms with E-state index in [1.807, 2.05) is 19.1 Å². The maximum atomic E-state index is 13.3. The fraction of sp³-hybridized carbons (Fsp3) is 0.467. The van der Waals surface area contributed by atoms with E-state index in [2.05, 4.69) is 25.8 Å². The Kier molecular flexibility index (Phi) is 9.21. The number of ether oxygens (including phenoxy) is 1. The molecule has 1 aromatic heterocycles. The van der Waals surface area contributed by atoms with Gasteiger partial charge in [-0.15, -0.1) is 0 Å². The van der Waals surface area contributed by atoms with Crippen molar-refractivity contribution in [2.24, 2.45) is 0 Å². The van der Waals surface area contributed by atoms with E-state index in [0.29, 0.717) is 29.6 Å². The lowest BCUT2D eigenvalue weighted by Crippen LogP contribution is -2.46. The smallest absolute Gasteiger partial charge is 0.236 e. The molecule has 9 nitrogen and oxygen atoms in total. The van der Waals surface area contributed by atoms with Crippen molar-refractivity contribution in [3.63, 3.8) is 0 Å². The second-order valence-electron chi connectivity index (χ2n) is 10.7. The molecular weight excluding hydrogens is 560 g/mol. The van der Waals surface area contributed by atoms with Gasteiger partial charge < -0.3 is 20.3 Å². The van der Waals surface area contributed by atoms with Crippen LogP contribution in [-0.4, -0.2) is 68.4 Å². The van der Waals surface area contributed by atoms with Crippen molar-refractivity contribution in [3.05, 3.63) is 53.7 Å².